The van der Waals surface area contributed by atoms with Gasteiger partial charge in [-0.25, -0.2) is 39.9 Å². The first-order valence-corrected chi connectivity index (χ1v) is 44.6. The molecule has 8 aromatic carbocycles. The van der Waals surface area contributed by atoms with E-state index in [0.717, 1.165) is 207 Å². The van der Waals surface area contributed by atoms with E-state index in [0.29, 0.717) is 17.3 Å². The van der Waals surface area contributed by atoms with Gasteiger partial charge in [0.1, 0.15) is 50.3 Å². The van der Waals surface area contributed by atoms with Crippen LogP contribution in [0.5, 0.6) is 0 Å². The molecule has 0 unspecified atom stereocenters. The number of benzene rings is 8. The van der Waals surface area contributed by atoms with Crippen molar-refractivity contribution >= 4 is 111 Å². The van der Waals surface area contributed by atoms with Gasteiger partial charge < -0.3 is 0 Å². The summed E-state index contributed by atoms with van der Waals surface area (Å²) in [6, 6.07) is 129. The molecule has 640 valence electrons. The number of imidazole rings is 4. The van der Waals surface area contributed by atoms with Gasteiger partial charge in [-0.2, -0.15) is 0 Å². The van der Waals surface area contributed by atoms with Crippen molar-refractivity contribution in [1.29, 1.82) is 0 Å². The molecule has 28 aromatic rings. The molecule has 20 heterocycles. The predicted molar refractivity (Wildman–Crippen MR) is 540 cm³/mol. The highest BCUT2D eigenvalue weighted by Gasteiger charge is 2.25. The number of hydrogen-bond donors (Lipinski definition) is 0. The summed E-state index contributed by atoms with van der Waals surface area (Å²) in [5.41, 5.74) is 32.6. The zero-order chi connectivity index (χ0) is 89.9. The lowest BCUT2D eigenvalue weighted by molar-refractivity contribution is 1.07. The summed E-state index contributed by atoms with van der Waals surface area (Å²) in [5.74, 6) is 1.26. The maximum absolute atomic E-state index is 4.94. The molecule has 0 spiro atoms. The van der Waals surface area contributed by atoms with Crippen LogP contribution in [0.1, 0.15) is 0 Å². The van der Waals surface area contributed by atoms with Crippen molar-refractivity contribution < 1.29 is 0 Å². The van der Waals surface area contributed by atoms with Gasteiger partial charge in [0.05, 0.1) is 115 Å². The van der Waals surface area contributed by atoms with Crippen LogP contribution in [0.15, 0.2) is 450 Å². The Morgan fingerprint density at radius 2 is 0.478 bits per heavy atom. The van der Waals surface area contributed by atoms with Gasteiger partial charge in [-0.3, -0.25) is 65.8 Å². The molecular formula is C114H74N22. The summed E-state index contributed by atoms with van der Waals surface area (Å²) in [5, 5.41) is 4.49. The molecule has 0 bridgehead atoms. The Bertz CT molecular complexity index is 8640. The number of aromatic nitrogens is 22. The van der Waals surface area contributed by atoms with Gasteiger partial charge in [-0.05, 0) is 158 Å². The van der Waals surface area contributed by atoms with E-state index in [9.17, 15) is 0 Å². The van der Waals surface area contributed by atoms with E-state index in [1.54, 1.807) is 12.4 Å². The van der Waals surface area contributed by atoms with E-state index in [1.807, 2.05) is 255 Å². The van der Waals surface area contributed by atoms with Crippen molar-refractivity contribution in [3.05, 3.63) is 450 Å². The second-order valence-corrected chi connectivity index (χ2v) is 32.7. The van der Waals surface area contributed by atoms with Crippen LogP contribution in [0.4, 0.5) is 0 Å². The zero-order valence-electron chi connectivity index (χ0n) is 72.6. The molecule has 22 heteroatoms. The SMILES string of the molecule is c1ccc(-c2cc(-c3ccc(-n4c5ccccc5c5nc6ccccn6c54)cn3)nc(-c3ccccc3)n2)cc1.c1ccc(-c2cc(-c3ccccc3)nc(-c3ccc(-n4c5ccccc5c5nc6ccccn6c54)cn3)n2)cc1.c1ccc(-c2ccc(-n3c4ccccc4c4nc5ccccn5c43)cn2)nc1.c1cncc(-c2ccc(-n3c4ccccc4c4nc5ccccn5c43)cn2)c1. The molecular weight excluding hydrogens is 1680 g/mol. The normalized spacial score (nSPS) is 11.5. The molecule has 136 heavy (non-hydrogen) atoms. The Hall–Kier alpha value is -19.2. The van der Waals surface area contributed by atoms with Gasteiger partial charge in [-0.1, -0.05) is 224 Å². The number of hydrogen-bond acceptors (Lipinski definition) is 14. The molecule has 0 fully saturated rings. The molecule has 20 aromatic heterocycles. The highest BCUT2D eigenvalue weighted by molar-refractivity contribution is 6.11. The van der Waals surface area contributed by atoms with Crippen molar-refractivity contribution in [2.45, 2.75) is 0 Å². The first-order valence-electron chi connectivity index (χ1n) is 44.6. The van der Waals surface area contributed by atoms with Crippen LogP contribution in [-0.2, 0) is 0 Å². The molecule has 0 aliphatic carbocycles. The largest absolute Gasteiger partial charge is 0.292 e. The average Bonchev–Trinajstić information content (AvgIpc) is 1.58. The van der Waals surface area contributed by atoms with E-state index in [2.05, 4.69) is 233 Å². The lowest BCUT2D eigenvalue weighted by Gasteiger charge is -2.11. The summed E-state index contributed by atoms with van der Waals surface area (Å²) in [6.07, 6.45) is 21.2. The lowest BCUT2D eigenvalue weighted by atomic mass is 10.1. The fourth-order valence-corrected chi connectivity index (χ4v) is 18.3. The van der Waals surface area contributed by atoms with E-state index >= 15 is 0 Å². The minimum absolute atomic E-state index is 0.587. The first-order chi connectivity index (χ1) is 67.5. The first kappa shape index (κ1) is 79.0. The second-order valence-electron chi connectivity index (χ2n) is 32.7. The third-order valence-electron chi connectivity index (χ3n) is 24.6. The Morgan fingerprint density at radius 1 is 0.176 bits per heavy atom. The summed E-state index contributed by atoms with van der Waals surface area (Å²) in [6.45, 7) is 0. The standard InChI is InChI=1S/2C34H22N6.2C23H15N5/c1-3-11-23(12-4-1)28-21-29(37-33(36-28)24-13-5-2-6-14-24)27-19-18-25(22-35-27)40-30-16-8-7-15-26(30)32-34(40)39-20-10-9-17-31(39)38-32;1-3-11-23(12-4-1)28-21-29(24-13-5-2-6-14-24)37-33(36-28)27-19-18-25(22-35-27)40-30-16-8-7-15-26(30)32-34(40)39-20-10-9-17-31(39)38-32;1-2-9-20-17(7-1)22-23(27-14-6-4-10-21(27)26-22)28(20)16-11-12-19(25-15-16)18-8-3-5-13-24-18;1-2-8-20-18(7-1)22-23(27-13-4-3-9-21(27)26-22)28(20)17-10-11-19(25-15-17)16-6-5-12-24-14-16/h2*1-22H;2*1-15H. The summed E-state index contributed by atoms with van der Waals surface area (Å²) >= 11 is 0. The fourth-order valence-electron chi connectivity index (χ4n) is 18.3. The third kappa shape index (κ3) is 14.1. The third-order valence-corrected chi connectivity index (χ3v) is 24.6. The van der Waals surface area contributed by atoms with Gasteiger partial charge in [0.15, 0.2) is 34.2 Å². The Kier molecular flexibility index (Phi) is 19.6. The minimum Gasteiger partial charge on any atom is -0.292 e. The molecule has 0 amide bonds. The Morgan fingerprint density at radius 3 is 0.831 bits per heavy atom. The molecule has 28 rings (SSSR count). The number of pyridine rings is 10. The van der Waals surface area contributed by atoms with Crippen molar-refractivity contribution in [2.75, 3.05) is 0 Å². The van der Waals surface area contributed by atoms with Crippen LogP contribution >= 0.6 is 0 Å². The van der Waals surface area contributed by atoms with E-state index in [1.165, 1.54) is 0 Å². The van der Waals surface area contributed by atoms with Crippen molar-refractivity contribution in [3.63, 3.8) is 0 Å². The van der Waals surface area contributed by atoms with Gasteiger partial charge in [-0.15, -0.1) is 0 Å². The Balaban J connectivity index is 0.0000000979. The van der Waals surface area contributed by atoms with Gasteiger partial charge in [0, 0.05) is 92.7 Å². The number of nitrogens with zero attached hydrogens (tertiary/aromatic N) is 22. The Labute approximate surface area is 775 Å². The quantitative estimate of drug-likeness (QED) is 0.111. The van der Waals surface area contributed by atoms with Crippen molar-refractivity contribution in [3.8, 4) is 113 Å². The van der Waals surface area contributed by atoms with E-state index in [-0.39, 0.29) is 0 Å². The number of para-hydroxylation sites is 4. The fraction of sp³-hybridized carbons (Fsp3) is 0. The molecule has 0 atom stereocenters. The zero-order valence-corrected chi connectivity index (χ0v) is 72.6. The van der Waals surface area contributed by atoms with Gasteiger partial charge in [0.2, 0.25) is 0 Å². The highest BCUT2D eigenvalue weighted by atomic mass is 15.2. The number of rotatable bonds is 12. The maximum atomic E-state index is 4.94. The molecule has 0 aliphatic heterocycles. The monoisotopic (exact) mass is 1750 g/mol. The molecule has 0 aliphatic rings. The summed E-state index contributed by atoms with van der Waals surface area (Å²) in [4.78, 5) is 67.0. The van der Waals surface area contributed by atoms with Crippen molar-refractivity contribution in [1.82, 2.24) is 106 Å². The molecule has 0 radical (unpaired) electrons. The molecule has 0 N–H and O–H groups in total. The van der Waals surface area contributed by atoms with Crippen LogP contribution in [0, 0.1) is 0 Å². The minimum atomic E-state index is 0.587. The topological polar surface area (TPSA) is 218 Å². The average molecular weight is 1750 g/mol. The summed E-state index contributed by atoms with van der Waals surface area (Å²) in [7, 11) is 0. The second kappa shape index (κ2) is 33.7. The lowest BCUT2D eigenvalue weighted by Crippen LogP contribution is -2.00. The van der Waals surface area contributed by atoms with E-state index < -0.39 is 0 Å². The predicted octanol–water partition coefficient (Wildman–Crippen LogP) is 25.0. The highest BCUT2D eigenvalue weighted by Crippen LogP contribution is 2.40. The number of fused-ring (bicyclic) bond motifs is 20. The van der Waals surface area contributed by atoms with Crippen LogP contribution in [0.3, 0.4) is 0 Å². The van der Waals surface area contributed by atoms with Gasteiger partial charge >= 0.3 is 0 Å². The van der Waals surface area contributed by atoms with Crippen LogP contribution in [-0.4, -0.2) is 106 Å². The molecule has 0 saturated carbocycles. The molecule has 22 nitrogen and oxygen atoms in total. The van der Waals surface area contributed by atoms with Crippen molar-refractivity contribution in [2.24, 2.45) is 0 Å². The smallest absolute Gasteiger partial charge is 0.179 e. The van der Waals surface area contributed by atoms with Crippen LogP contribution in [0.2, 0.25) is 0 Å². The summed E-state index contributed by atoms with van der Waals surface area (Å²) < 4.78 is 17.4. The van der Waals surface area contributed by atoms with Crippen LogP contribution < -0.4 is 0 Å². The van der Waals surface area contributed by atoms with E-state index in [4.69, 9.17) is 54.8 Å². The maximum Gasteiger partial charge on any atom is 0.179 e. The van der Waals surface area contributed by atoms with Gasteiger partial charge in [0.25, 0.3) is 0 Å². The van der Waals surface area contributed by atoms with Crippen LogP contribution in [0.25, 0.3) is 224 Å². The molecule has 0 saturated heterocycles.